The smallest absolute Gasteiger partial charge is 0.191 e. The van der Waals surface area contributed by atoms with Crippen molar-refractivity contribution in [2.45, 2.75) is 38.5 Å². The van der Waals surface area contributed by atoms with E-state index < -0.39 is 0 Å². The molecule has 0 saturated heterocycles. The Labute approximate surface area is 144 Å². The van der Waals surface area contributed by atoms with E-state index in [-0.39, 0.29) is 0 Å². The van der Waals surface area contributed by atoms with Gasteiger partial charge in [0.25, 0.3) is 0 Å². The molecule has 0 aliphatic heterocycles. The number of rotatable bonds is 6. The minimum Gasteiger partial charge on any atom is -0.361 e. The van der Waals surface area contributed by atoms with Crippen molar-refractivity contribution in [2.24, 2.45) is 16.3 Å². The van der Waals surface area contributed by atoms with Gasteiger partial charge < -0.3 is 15.6 Å². The van der Waals surface area contributed by atoms with Crippen LogP contribution in [0.5, 0.6) is 0 Å². The Bertz CT molecular complexity index is 722. The lowest BCUT2D eigenvalue weighted by atomic mass is 9.65. The maximum Gasteiger partial charge on any atom is 0.191 e. The van der Waals surface area contributed by atoms with Crippen LogP contribution in [0.25, 0.3) is 10.9 Å². The number of aromatic nitrogens is 1. The SMILES string of the molecule is CN=C(NCCc1c[nH]c2ccccc12)NCC1(C2CC2)CCC1. The van der Waals surface area contributed by atoms with Crippen molar-refractivity contribution in [1.82, 2.24) is 15.6 Å². The van der Waals surface area contributed by atoms with Gasteiger partial charge in [-0.3, -0.25) is 4.99 Å². The number of H-pyrrole nitrogens is 1. The summed E-state index contributed by atoms with van der Waals surface area (Å²) in [6.07, 6.45) is 10.2. The number of nitrogens with zero attached hydrogens (tertiary/aromatic N) is 1. The molecule has 0 amide bonds. The van der Waals surface area contributed by atoms with Crippen molar-refractivity contribution in [3.05, 3.63) is 36.0 Å². The molecule has 2 aromatic rings. The van der Waals surface area contributed by atoms with E-state index in [1.807, 2.05) is 7.05 Å². The maximum atomic E-state index is 4.40. The van der Waals surface area contributed by atoms with Gasteiger partial charge in [-0.05, 0) is 55.1 Å². The van der Waals surface area contributed by atoms with Crippen LogP contribution >= 0.6 is 0 Å². The zero-order valence-corrected chi connectivity index (χ0v) is 14.6. The third-order valence-electron chi connectivity index (χ3n) is 5.99. The number of fused-ring (bicyclic) bond motifs is 1. The standard InChI is InChI=1S/C20H28N4/c1-21-19(24-14-20(10-4-11-20)16-7-8-16)22-12-9-15-13-23-18-6-3-2-5-17(15)18/h2-3,5-6,13,16,23H,4,7-12,14H2,1H3,(H2,21,22,24). The van der Waals surface area contributed by atoms with E-state index in [9.17, 15) is 0 Å². The maximum absolute atomic E-state index is 4.40. The molecule has 2 fully saturated rings. The molecular formula is C20H28N4. The lowest BCUT2D eigenvalue weighted by Crippen LogP contribution is -2.47. The molecule has 0 unspecified atom stereocenters. The lowest BCUT2D eigenvalue weighted by molar-refractivity contribution is 0.106. The predicted molar refractivity (Wildman–Crippen MR) is 100 cm³/mol. The molecule has 2 aliphatic rings. The van der Waals surface area contributed by atoms with Crippen molar-refractivity contribution in [2.75, 3.05) is 20.1 Å². The van der Waals surface area contributed by atoms with Gasteiger partial charge in [-0.1, -0.05) is 24.6 Å². The normalized spacial score (nSPS) is 20.0. The molecular weight excluding hydrogens is 296 g/mol. The first kappa shape index (κ1) is 15.6. The van der Waals surface area contributed by atoms with Gasteiger partial charge in [-0.25, -0.2) is 0 Å². The van der Waals surface area contributed by atoms with Gasteiger partial charge in [0.1, 0.15) is 0 Å². The van der Waals surface area contributed by atoms with E-state index in [1.165, 1.54) is 48.6 Å². The van der Waals surface area contributed by atoms with E-state index in [0.29, 0.717) is 5.41 Å². The summed E-state index contributed by atoms with van der Waals surface area (Å²) in [6, 6.07) is 8.49. The molecule has 2 aliphatic carbocycles. The highest BCUT2D eigenvalue weighted by Gasteiger charge is 2.48. The third kappa shape index (κ3) is 3.02. The average molecular weight is 324 g/mol. The summed E-state index contributed by atoms with van der Waals surface area (Å²) in [6.45, 7) is 1.99. The number of benzene rings is 1. The largest absolute Gasteiger partial charge is 0.361 e. The Morgan fingerprint density at radius 1 is 1.25 bits per heavy atom. The van der Waals surface area contributed by atoms with Gasteiger partial charge in [0.2, 0.25) is 0 Å². The van der Waals surface area contributed by atoms with Crippen molar-refractivity contribution in [3.8, 4) is 0 Å². The number of hydrogen-bond donors (Lipinski definition) is 3. The lowest BCUT2D eigenvalue weighted by Gasteiger charge is -2.43. The second-order valence-electron chi connectivity index (χ2n) is 7.45. The number of aliphatic imine (C=N–C) groups is 1. The highest BCUT2D eigenvalue weighted by atomic mass is 15.2. The van der Waals surface area contributed by atoms with E-state index >= 15 is 0 Å². The van der Waals surface area contributed by atoms with E-state index in [2.05, 4.69) is 51.1 Å². The summed E-state index contributed by atoms with van der Waals surface area (Å²) in [7, 11) is 1.87. The van der Waals surface area contributed by atoms with Crippen molar-refractivity contribution >= 4 is 16.9 Å². The quantitative estimate of drug-likeness (QED) is 0.563. The van der Waals surface area contributed by atoms with Crippen LogP contribution in [0.3, 0.4) is 0 Å². The summed E-state index contributed by atoms with van der Waals surface area (Å²) in [5.74, 6) is 1.92. The van der Waals surface area contributed by atoms with Crippen LogP contribution in [0.15, 0.2) is 35.5 Å². The highest BCUT2D eigenvalue weighted by Crippen LogP contribution is 2.56. The first-order chi connectivity index (χ1) is 11.8. The van der Waals surface area contributed by atoms with Gasteiger partial charge in [0, 0.05) is 37.2 Å². The van der Waals surface area contributed by atoms with Crippen LogP contribution in [0.4, 0.5) is 0 Å². The second kappa shape index (κ2) is 6.50. The van der Waals surface area contributed by atoms with E-state index in [0.717, 1.165) is 31.4 Å². The Hall–Kier alpha value is -1.97. The van der Waals surface area contributed by atoms with Gasteiger partial charge in [0.05, 0.1) is 0 Å². The molecule has 0 atom stereocenters. The number of aromatic amines is 1. The van der Waals surface area contributed by atoms with Crippen molar-refractivity contribution in [1.29, 1.82) is 0 Å². The fraction of sp³-hybridized carbons (Fsp3) is 0.550. The van der Waals surface area contributed by atoms with Crippen LogP contribution in [-0.4, -0.2) is 31.1 Å². The molecule has 4 heteroatoms. The van der Waals surface area contributed by atoms with Crippen LogP contribution in [0.1, 0.15) is 37.7 Å². The fourth-order valence-electron chi connectivity index (χ4n) is 4.19. The summed E-state index contributed by atoms with van der Waals surface area (Å²) in [5.41, 5.74) is 3.16. The minimum absolute atomic E-state index is 0.578. The topological polar surface area (TPSA) is 52.2 Å². The molecule has 24 heavy (non-hydrogen) atoms. The number of hydrogen-bond acceptors (Lipinski definition) is 1. The summed E-state index contributed by atoms with van der Waals surface area (Å²) in [4.78, 5) is 7.74. The second-order valence-corrected chi connectivity index (χ2v) is 7.45. The molecule has 0 radical (unpaired) electrons. The van der Waals surface area contributed by atoms with Crippen LogP contribution < -0.4 is 10.6 Å². The Kier molecular flexibility index (Phi) is 4.21. The molecule has 1 aromatic carbocycles. The molecule has 0 spiro atoms. The average Bonchev–Trinajstić information content (AvgIpc) is 3.33. The first-order valence-corrected chi connectivity index (χ1v) is 9.30. The number of guanidine groups is 1. The molecule has 1 aromatic heterocycles. The first-order valence-electron chi connectivity index (χ1n) is 9.30. The molecule has 3 N–H and O–H groups in total. The molecule has 2 saturated carbocycles. The van der Waals surface area contributed by atoms with Crippen molar-refractivity contribution in [3.63, 3.8) is 0 Å². The van der Waals surface area contributed by atoms with Crippen LogP contribution in [-0.2, 0) is 6.42 Å². The molecule has 1 heterocycles. The summed E-state index contributed by atoms with van der Waals surface area (Å²) in [5, 5.41) is 8.38. The Morgan fingerprint density at radius 2 is 2.08 bits per heavy atom. The molecule has 4 nitrogen and oxygen atoms in total. The summed E-state index contributed by atoms with van der Waals surface area (Å²) >= 11 is 0. The molecule has 0 bridgehead atoms. The molecule has 128 valence electrons. The predicted octanol–water partition coefficient (Wildman–Crippen LogP) is 3.46. The van der Waals surface area contributed by atoms with Crippen LogP contribution in [0, 0.1) is 11.3 Å². The third-order valence-corrected chi connectivity index (χ3v) is 5.99. The van der Waals surface area contributed by atoms with Gasteiger partial charge >= 0.3 is 0 Å². The monoisotopic (exact) mass is 324 g/mol. The molecule has 4 rings (SSSR count). The Morgan fingerprint density at radius 3 is 2.79 bits per heavy atom. The zero-order chi connectivity index (χ0) is 16.4. The number of nitrogens with one attached hydrogen (secondary N) is 3. The van der Waals surface area contributed by atoms with Gasteiger partial charge in [-0.15, -0.1) is 0 Å². The van der Waals surface area contributed by atoms with Crippen LogP contribution in [0.2, 0.25) is 0 Å². The van der Waals surface area contributed by atoms with E-state index in [4.69, 9.17) is 0 Å². The van der Waals surface area contributed by atoms with Gasteiger partial charge in [-0.2, -0.15) is 0 Å². The van der Waals surface area contributed by atoms with E-state index in [1.54, 1.807) is 0 Å². The Balaban J connectivity index is 1.28. The number of para-hydroxylation sites is 1. The summed E-state index contributed by atoms with van der Waals surface area (Å²) < 4.78 is 0. The van der Waals surface area contributed by atoms with Gasteiger partial charge in [0.15, 0.2) is 5.96 Å². The zero-order valence-electron chi connectivity index (χ0n) is 14.6. The van der Waals surface area contributed by atoms with Crippen molar-refractivity contribution < 1.29 is 0 Å². The fourth-order valence-corrected chi connectivity index (χ4v) is 4.19. The minimum atomic E-state index is 0.578. The highest BCUT2D eigenvalue weighted by molar-refractivity contribution is 5.83.